The van der Waals surface area contributed by atoms with Crippen LogP contribution < -0.4 is 14.4 Å². The largest absolute Gasteiger partial charge is 0.495 e. The zero-order valence-corrected chi connectivity index (χ0v) is 13.8. The van der Waals surface area contributed by atoms with Crippen LogP contribution in [0.2, 0.25) is 5.02 Å². The van der Waals surface area contributed by atoms with Gasteiger partial charge in [-0.25, -0.2) is 17.9 Å². The van der Waals surface area contributed by atoms with Crippen LogP contribution in [-0.2, 0) is 14.8 Å². The van der Waals surface area contributed by atoms with Gasteiger partial charge in [0.1, 0.15) is 11.9 Å². The number of sulfonamides is 1. The Kier molecular flexibility index (Phi) is 5.15. The number of amides is 1. The molecule has 0 saturated carbocycles. The number of carbonyl (C=O) groups excluding carboxylic acids is 1. The first-order valence-electron chi connectivity index (χ1n) is 6.65. The van der Waals surface area contributed by atoms with Crippen LogP contribution in [0.5, 0.6) is 5.75 Å². The standard InChI is InChI=1S/C13H17ClN2O5S/c1-3-22(18,19)15-7-10-8-16(13(17)21-10)9-4-5-12(20-2)11(14)6-9/h4-6,10,15H,3,7-8H2,1-2H3. The highest BCUT2D eigenvalue weighted by Gasteiger charge is 2.33. The summed E-state index contributed by atoms with van der Waals surface area (Å²) in [6.07, 6.45) is -1.09. The molecule has 0 bridgehead atoms. The second-order valence-electron chi connectivity index (χ2n) is 4.69. The molecule has 1 aliphatic rings. The normalized spacial score (nSPS) is 18.4. The maximum Gasteiger partial charge on any atom is 0.414 e. The van der Waals surface area contributed by atoms with Gasteiger partial charge in [0.2, 0.25) is 10.0 Å². The van der Waals surface area contributed by atoms with Crippen molar-refractivity contribution in [2.75, 3.05) is 30.9 Å². The van der Waals surface area contributed by atoms with Crippen molar-refractivity contribution in [3.8, 4) is 5.75 Å². The Balaban J connectivity index is 2.05. The number of hydrogen-bond donors (Lipinski definition) is 1. The van der Waals surface area contributed by atoms with Crippen molar-refractivity contribution in [3.05, 3.63) is 23.2 Å². The maximum absolute atomic E-state index is 11.9. The van der Waals surface area contributed by atoms with Gasteiger partial charge in [0.05, 0.1) is 24.4 Å². The minimum atomic E-state index is -3.32. The molecule has 2 rings (SSSR count). The molecule has 7 nitrogen and oxygen atoms in total. The Bertz CT molecular complexity index is 664. The molecule has 1 amide bonds. The van der Waals surface area contributed by atoms with Gasteiger partial charge in [0.25, 0.3) is 0 Å². The predicted octanol–water partition coefficient (Wildman–Crippen LogP) is 1.61. The molecule has 22 heavy (non-hydrogen) atoms. The lowest BCUT2D eigenvalue weighted by Gasteiger charge is -2.14. The summed E-state index contributed by atoms with van der Waals surface area (Å²) in [5.41, 5.74) is 0.566. The summed E-state index contributed by atoms with van der Waals surface area (Å²) in [4.78, 5) is 13.3. The number of hydrogen-bond acceptors (Lipinski definition) is 5. The van der Waals surface area contributed by atoms with Crippen LogP contribution >= 0.6 is 11.6 Å². The summed E-state index contributed by atoms with van der Waals surface area (Å²) in [6, 6.07) is 4.93. The van der Waals surface area contributed by atoms with Crippen molar-refractivity contribution >= 4 is 33.4 Å². The number of benzene rings is 1. The minimum Gasteiger partial charge on any atom is -0.495 e. The van der Waals surface area contributed by atoms with Crippen molar-refractivity contribution in [3.63, 3.8) is 0 Å². The lowest BCUT2D eigenvalue weighted by Crippen LogP contribution is -2.35. The number of rotatable bonds is 6. The fourth-order valence-electron chi connectivity index (χ4n) is 1.98. The van der Waals surface area contributed by atoms with E-state index in [1.165, 1.54) is 18.9 Å². The highest BCUT2D eigenvalue weighted by molar-refractivity contribution is 7.89. The molecule has 1 aromatic rings. The van der Waals surface area contributed by atoms with Crippen LogP contribution in [0.15, 0.2) is 18.2 Å². The molecule has 1 aromatic carbocycles. The summed E-state index contributed by atoms with van der Waals surface area (Å²) in [7, 11) is -1.82. The monoisotopic (exact) mass is 348 g/mol. The molecular weight excluding hydrogens is 332 g/mol. The summed E-state index contributed by atoms with van der Waals surface area (Å²) < 4.78 is 35.4. The summed E-state index contributed by atoms with van der Waals surface area (Å²) in [5.74, 6) is 0.482. The highest BCUT2D eigenvalue weighted by Crippen LogP contribution is 2.31. The van der Waals surface area contributed by atoms with Gasteiger partial charge in [0, 0.05) is 12.2 Å². The topological polar surface area (TPSA) is 84.9 Å². The molecule has 0 radical (unpaired) electrons. The van der Waals surface area contributed by atoms with Gasteiger partial charge < -0.3 is 9.47 Å². The third kappa shape index (κ3) is 3.82. The molecule has 1 unspecified atom stereocenters. The molecule has 0 aliphatic carbocycles. The van der Waals surface area contributed by atoms with Crippen LogP contribution in [0, 0.1) is 0 Å². The van der Waals surface area contributed by atoms with E-state index in [1.54, 1.807) is 18.2 Å². The number of nitrogens with zero attached hydrogens (tertiary/aromatic N) is 1. The first-order chi connectivity index (χ1) is 10.4. The van der Waals surface area contributed by atoms with E-state index in [1.807, 2.05) is 0 Å². The van der Waals surface area contributed by atoms with Gasteiger partial charge in [-0.2, -0.15) is 0 Å². The van der Waals surface area contributed by atoms with Crippen molar-refractivity contribution in [2.45, 2.75) is 13.0 Å². The van der Waals surface area contributed by atoms with Crippen LogP contribution in [-0.4, -0.2) is 46.6 Å². The van der Waals surface area contributed by atoms with Gasteiger partial charge in [-0.1, -0.05) is 11.6 Å². The number of ether oxygens (including phenoxy) is 2. The van der Waals surface area contributed by atoms with E-state index < -0.39 is 22.2 Å². The molecule has 1 heterocycles. The fourth-order valence-corrected chi connectivity index (χ4v) is 2.88. The van der Waals surface area contributed by atoms with Crippen LogP contribution in [0.25, 0.3) is 0 Å². The van der Waals surface area contributed by atoms with Gasteiger partial charge in [-0.15, -0.1) is 0 Å². The zero-order chi connectivity index (χ0) is 16.3. The van der Waals surface area contributed by atoms with Crippen molar-refractivity contribution in [2.24, 2.45) is 0 Å². The van der Waals surface area contributed by atoms with E-state index in [2.05, 4.69) is 4.72 Å². The van der Waals surface area contributed by atoms with E-state index in [9.17, 15) is 13.2 Å². The second-order valence-corrected chi connectivity index (χ2v) is 7.19. The van der Waals surface area contributed by atoms with E-state index in [0.717, 1.165) is 0 Å². The average Bonchev–Trinajstić information content (AvgIpc) is 2.86. The van der Waals surface area contributed by atoms with Gasteiger partial charge in [-0.3, -0.25) is 4.90 Å². The van der Waals surface area contributed by atoms with Crippen LogP contribution in [0.1, 0.15) is 6.92 Å². The van der Waals surface area contributed by atoms with E-state index in [0.29, 0.717) is 16.5 Å². The quantitative estimate of drug-likeness (QED) is 0.844. The number of nitrogens with one attached hydrogen (secondary N) is 1. The number of carbonyl (C=O) groups is 1. The van der Waals surface area contributed by atoms with Crippen molar-refractivity contribution in [1.82, 2.24) is 4.72 Å². The molecular formula is C13H17ClN2O5S. The predicted molar refractivity (Wildman–Crippen MR) is 83.1 cm³/mol. The Morgan fingerprint density at radius 3 is 2.82 bits per heavy atom. The lowest BCUT2D eigenvalue weighted by atomic mass is 10.2. The first kappa shape index (κ1) is 16.9. The van der Waals surface area contributed by atoms with E-state index >= 15 is 0 Å². The highest BCUT2D eigenvalue weighted by atomic mass is 35.5. The Morgan fingerprint density at radius 1 is 1.50 bits per heavy atom. The van der Waals surface area contributed by atoms with E-state index in [4.69, 9.17) is 21.1 Å². The third-order valence-corrected chi connectivity index (χ3v) is 4.89. The van der Waals surface area contributed by atoms with Gasteiger partial charge in [0.15, 0.2) is 0 Å². The third-order valence-electron chi connectivity index (χ3n) is 3.23. The van der Waals surface area contributed by atoms with Gasteiger partial charge in [-0.05, 0) is 25.1 Å². The van der Waals surface area contributed by atoms with E-state index in [-0.39, 0.29) is 18.8 Å². The molecule has 1 atom stereocenters. The molecule has 1 saturated heterocycles. The van der Waals surface area contributed by atoms with Crippen molar-refractivity contribution < 1.29 is 22.7 Å². The zero-order valence-electron chi connectivity index (χ0n) is 12.2. The lowest BCUT2D eigenvalue weighted by molar-refractivity contribution is 0.143. The summed E-state index contributed by atoms with van der Waals surface area (Å²) in [6.45, 7) is 1.82. The molecule has 9 heteroatoms. The molecule has 0 aromatic heterocycles. The number of halogens is 1. The SMILES string of the molecule is CCS(=O)(=O)NCC1CN(c2ccc(OC)c(Cl)c2)C(=O)O1. The Morgan fingerprint density at radius 2 is 2.23 bits per heavy atom. The van der Waals surface area contributed by atoms with Crippen molar-refractivity contribution in [1.29, 1.82) is 0 Å². The Hall–Kier alpha value is -1.51. The summed E-state index contributed by atoms with van der Waals surface area (Å²) >= 11 is 6.04. The molecule has 0 spiro atoms. The van der Waals surface area contributed by atoms with Crippen LogP contribution in [0.3, 0.4) is 0 Å². The Labute approximate surface area is 134 Å². The molecule has 1 N–H and O–H groups in total. The molecule has 1 aliphatic heterocycles. The fraction of sp³-hybridized carbons (Fsp3) is 0.462. The number of anilines is 1. The number of methoxy groups -OCH3 is 1. The second kappa shape index (κ2) is 6.72. The summed E-state index contributed by atoms with van der Waals surface area (Å²) in [5, 5.41) is 0.378. The van der Waals surface area contributed by atoms with Crippen LogP contribution in [0.4, 0.5) is 10.5 Å². The first-order valence-corrected chi connectivity index (χ1v) is 8.68. The molecule has 122 valence electrons. The maximum atomic E-state index is 11.9. The number of cyclic esters (lactones) is 1. The average molecular weight is 349 g/mol. The molecule has 1 fully saturated rings. The minimum absolute atomic E-state index is 0.0224. The smallest absolute Gasteiger partial charge is 0.414 e. The van der Waals surface area contributed by atoms with Gasteiger partial charge >= 0.3 is 6.09 Å².